The Morgan fingerprint density at radius 2 is 1.92 bits per heavy atom. The van der Waals surface area contributed by atoms with Gasteiger partial charge in [-0.3, -0.25) is 4.98 Å². The monoisotopic (exact) mass is 525 g/mol. The Hall–Kier alpha value is -3.14. The van der Waals surface area contributed by atoms with Gasteiger partial charge >= 0.3 is 5.76 Å². The summed E-state index contributed by atoms with van der Waals surface area (Å²) in [6.45, 7) is 2.94. The van der Waals surface area contributed by atoms with E-state index in [1.807, 2.05) is 4.57 Å². The van der Waals surface area contributed by atoms with Crippen molar-refractivity contribution in [1.82, 2.24) is 34.7 Å². The molecule has 2 aliphatic carbocycles. The van der Waals surface area contributed by atoms with E-state index in [9.17, 15) is 4.79 Å². The van der Waals surface area contributed by atoms with Gasteiger partial charge in [0.1, 0.15) is 17.0 Å². The molecule has 2 saturated carbocycles. The van der Waals surface area contributed by atoms with Gasteiger partial charge < -0.3 is 8.98 Å². The molecular formula is C26H29ClFN7O2. The predicted molar refractivity (Wildman–Crippen MR) is 137 cm³/mol. The number of fused-ring (bicyclic) bond motifs is 1. The quantitative estimate of drug-likeness (QED) is 0.348. The molecule has 0 bridgehead atoms. The molecular weight excluding hydrogens is 497 g/mol. The van der Waals surface area contributed by atoms with Crippen molar-refractivity contribution in [3.8, 4) is 23.0 Å². The lowest BCUT2D eigenvalue weighted by Crippen LogP contribution is -2.29. The number of hydrogen-bond donors (Lipinski definition) is 1. The van der Waals surface area contributed by atoms with Gasteiger partial charge in [-0.15, -0.1) is 5.10 Å². The fourth-order valence-electron chi connectivity index (χ4n) is 5.83. The Morgan fingerprint density at radius 3 is 2.62 bits per heavy atom. The average molecular weight is 526 g/mol. The molecule has 6 rings (SSSR count). The first-order valence-electron chi connectivity index (χ1n) is 13.0. The second-order valence-corrected chi connectivity index (χ2v) is 11.0. The maximum absolute atomic E-state index is 16.6. The molecule has 9 nitrogen and oxygen atoms in total. The molecule has 4 heterocycles. The molecule has 0 aromatic carbocycles. The zero-order chi connectivity index (χ0) is 25.6. The Kier molecular flexibility index (Phi) is 6.30. The van der Waals surface area contributed by atoms with Gasteiger partial charge in [0.2, 0.25) is 5.82 Å². The van der Waals surface area contributed by atoms with Crippen LogP contribution in [-0.4, -0.2) is 34.7 Å². The molecule has 0 atom stereocenters. The lowest BCUT2D eigenvalue weighted by Gasteiger charge is -2.32. The van der Waals surface area contributed by atoms with Crippen molar-refractivity contribution in [2.75, 3.05) is 0 Å². The molecule has 0 unspecified atom stereocenters. The normalized spacial score (nSPS) is 21.9. The van der Waals surface area contributed by atoms with Crippen LogP contribution in [0.4, 0.5) is 4.39 Å². The maximum atomic E-state index is 16.6. The number of pyridine rings is 1. The van der Waals surface area contributed by atoms with Gasteiger partial charge in [0.15, 0.2) is 11.3 Å². The van der Waals surface area contributed by atoms with Gasteiger partial charge in [-0.05, 0) is 56.4 Å². The number of nitrogens with one attached hydrogen (secondary N) is 1. The summed E-state index contributed by atoms with van der Waals surface area (Å²) in [6.07, 6.45) is 11.2. The summed E-state index contributed by atoms with van der Waals surface area (Å²) in [6, 6.07) is 1.76. The predicted octanol–water partition coefficient (Wildman–Crippen LogP) is 5.84. The van der Waals surface area contributed by atoms with Gasteiger partial charge in [-0.1, -0.05) is 37.8 Å². The lowest BCUT2D eigenvalue weighted by molar-refractivity contribution is 0.0891. The summed E-state index contributed by atoms with van der Waals surface area (Å²) < 4.78 is 23.8. The third-order valence-electron chi connectivity index (χ3n) is 7.83. The lowest BCUT2D eigenvalue weighted by atomic mass is 9.82. The van der Waals surface area contributed by atoms with E-state index in [1.165, 1.54) is 0 Å². The second kappa shape index (κ2) is 9.63. The molecule has 2 fully saturated rings. The Balaban J connectivity index is 1.59. The first-order valence-corrected chi connectivity index (χ1v) is 13.4. The zero-order valence-corrected chi connectivity index (χ0v) is 21.5. The Labute approximate surface area is 217 Å². The van der Waals surface area contributed by atoms with Crippen LogP contribution < -0.4 is 5.76 Å². The third kappa shape index (κ3) is 4.67. The fourth-order valence-corrected chi connectivity index (χ4v) is 6.00. The standard InChI is InChI=1S/C26H29ClFN7O2/c1-15-5-7-16(8-6-15)14-35-20-19(17-11-18(27)13-29-12-17)30-22(23-33-34-25(36)37-23)31-21(20)32-24(35)26(28)9-3-2-4-10-26/h11-13,15-16H,2-10,14H2,1H3,(H,34,36). The van der Waals surface area contributed by atoms with Crippen LogP contribution in [0.25, 0.3) is 34.1 Å². The number of halogens is 2. The van der Waals surface area contributed by atoms with Crippen LogP contribution in [0, 0.1) is 11.8 Å². The molecule has 0 radical (unpaired) electrons. The summed E-state index contributed by atoms with van der Waals surface area (Å²) in [4.78, 5) is 30.0. The zero-order valence-electron chi connectivity index (χ0n) is 20.7. The van der Waals surface area contributed by atoms with Crippen LogP contribution in [-0.2, 0) is 12.2 Å². The largest absolute Gasteiger partial charge is 0.434 e. The first-order chi connectivity index (χ1) is 17.9. The Bertz CT molecular complexity index is 1480. The fraction of sp³-hybridized carbons (Fsp3) is 0.538. The van der Waals surface area contributed by atoms with Gasteiger partial charge in [-0.2, -0.15) is 0 Å². The van der Waals surface area contributed by atoms with Crippen LogP contribution in [0.2, 0.25) is 5.02 Å². The summed E-state index contributed by atoms with van der Waals surface area (Å²) in [5, 5.41) is 6.59. The van der Waals surface area contributed by atoms with Crippen LogP contribution in [0.5, 0.6) is 0 Å². The van der Waals surface area contributed by atoms with Gasteiger partial charge in [0.05, 0.1) is 5.02 Å². The minimum atomic E-state index is -1.54. The van der Waals surface area contributed by atoms with Gasteiger partial charge in [0, 0.05) is 24.5 Å². The van der Waals surface area contributed by atoms with Crippen LogP contribution in [0.1, 0.15) is 70.5 Å². The molecule has 4 aromatic rings. The molecule has 2 aliphatic rings. The van der Waals surface area contributed by atoms with Crippen molar-refractivity contribution in [3.05, 3.63) is 39.9 Å². The molecule has 0 aliphatic heterocycles. The van der Waals surface area contributed by atoms with Crippen LogP contribution >= 0.6 is 11.6 Å². The van der Waals surface area contributed by atoms with E-state index >= 15 is 4.39 Å². The van der Waals surface area contributed by atoms with E-state index in [0.29, 0.717) is 64.5 Å². The molecule has 0 saturated heterocycles. The van der Waals surface area contributed by atoms with Crippen molar-refractivity contribution >= 4 is 22.8 Å². The third-order valence-corrected chi connectivity index (χ3v) is 8.04. The van der Waals surface area contributed by atoms with E-state index < -0.39 is 11.4 Å². The molecule has 0 amide bonds. The smallest absolute Gasteiger partial charge is 0.384 e. The van der Waals surface area contributed by atoms with Crippen molar-refractivity contribution < 1.29 is 8.81 Å². The number of aromatic nitrogens is 7. The number of aromatic amines is 1. The number of nitrogens with zero attached hydrogens (tertiary/aromatic N) is 6. The van der Waals surface area contributed by atoms with Gasteiger partial charge in [-0.25, -0.2) is 29.2 Å². The van der Waals surface area contributed by atoms with Crippen molar-refractivity contribution in [2.24, 2.45) is 11.8 Å². The molecule has 37 heavy (non-hydrogen) atoms. The van der Waals surface area contributed by atoms with Crippen molar-refractivity contribution in [3.63, 3.8) is 0 Å². The summed E-state index contributed by atoms with van der Waals surface area (Å²) in [5.41, 5.74) is 0.585. The highest BCUT2D eigenvalue weighted by molar-refractivity contribution is 6.30. The van der Waals surface area contributed by atoms with E-state index in [1.54, 1.807) is 18.5 Å². The van der Waals surface area contributed by atoms with Crippen LogP contribution in [0.15, 0.2) is 27.7 Å². The van der Waals surface area contributed by atoms with Gasteiger partial charge in [0.25, 0.3) is 5.89 Å². The molecule has 11 heteroatoms. The van der Waals surface area contributed by atoms with Crippen molar-refractivity contribution in [2.45, 2.75) is 76.9 Å². The number of imidazole rings is 1. The van der Waals surface area contributed by atoms with Crippen LogP contribution in [0.3, 0.4) is 0 Å². The van der Waals surface area contributed by atoms with E-state index in [0.717, 1.165) is 44.9 Å². The van der Waals surface area contributed by atoms with Crippen molar-refractivity contribution in [1.29, 1.82) is 0 Å². The topological polar surface area (TPSA) is 115 Å². The number of hydrogen-bond acceptors (Lipinski definition) is 7. The molecule has 194 valence electrons. The minimum absolute atomic E-state index is 0.0619. The second-order valence-electron chi connectivity index (χ2n) is 10.6. The van der Waals surface area contributed by atoms with E-state index in [-0.39, 0.29) is 11.7 Å². The minimum Gasteiger partial charge on any atom is -0.384 e. The number of rotatable bonds is 5. The highest BCUT2D eigenvalue weighted by atomic mass is 35.5. The number of H-pyrrole nitrogens is 1. The number of alkyl halides is 1. The highest BCUT2D eigenvalue weighted by Crippen LogP contribution is 2.43. The average Bonchev–Trinajstić information content (AvgIpc) is 3.49. The summed E-state index contributed by atoms with van der Waals surface area (Å²) in [5.74, 6) is 0.838. The Morgan fingerprint density at radius 1 is 1.14 bits per heavy atom. The van der Waals surface area contributed by atoms with E-state index in [2.05, 4.69) is 27.1 Å². The van der Waals surface area contributed by atoms with E-state index in [4.69, 9.17) is 26.0 Å². The maximum Gasteiger partial charge on any atom is 0.434 e. The summed E-state index contributed by atoms with van der Waals surface area (Å²) in [7, 11) is 0. The first kappa shape index (κ1) is 24.2. The highest BCUT2D eigenvalue weighted by Gasteiger charge is 2.40. The molecule has 4 aromatic heterocycles. The molecule has 1 N–H and O–H groups in total. The SMILES string of the molecule is CC1CCC(Cn2c(C3(F)CCCCC3)nc3nc(-c4n[nH]c(=O)o4)nc(-c4cncc(Cl)c4)c32)CC1. The molecule has 0 spiro atoms. The summed E-state index contributed by atoms with van der Waals surface area (Å²) >= 11 is 6.30.